The van der Waals surface area contributed by atoms with Gasteiger partial charge in [-0.15, -0.1) is 0 Å². The molecule has 1 aliphatic rings. The molecule has 1 atom stereocenters. The van der Waals surface area contributed by atoms with Crippen molar-refractivity contribution in [3.05, 3.63) is 29.8 Å². The van der Waals surface area contributed by atoms with Crippen LogP contribution in [0, 0.1) is 5.92 Å². The fraction of sp³-hybridized carbons (Fsp3) is 0.500. The zero-order valence-corrected chi connectivity index (χ0v) is 12.2. The van der Waals surface area contributed by atoms with Gasteiger partial charge in [0.25, 0.3) is 0 Å². The summed E-state index contributed by atoms with van der Waals surface area (Å²) in [5.74, 6) is 0.614. The minimum atomic E-state index is -0.0659. The van der Waals surface area contributed by atoms with Gasteiger partial charge in [0.1, 0.15) is 0 Å². The number of ketones is 1. The monoisotopic (exact) mass is 274 g/mol. The predicted molar refractivity (Wildman–Crippen MR) is 80.1 cm³/mol. The van der Waals surface area contributed by atoms with Crippen molar-refractivity contribution >= 4 is 17.5 Å². The number of Topliss-reactive ketones (excluding diaryl/α,β-unsaturated/α-hetero) is 1. The van der Waals surface area contributed by atoms with Crippen LogP contribution in [0.3, 0.4) is 0 Å². The van der Waals surface area contributed by atoms with Crippen molar-refractivity contribution in [2.75, 3.05) is 18.4 Å². The maximum absolute atomic E-state index is 12.2. The average molecular weight is 274 g/mol. The van der Waals surface area contributed by atoms with E-state index >= 15 is 0 Å². The fourth-order valence-corrected chi connectivity index (χ4v) is 2.60. The van der Waals surface area contributed by atoms with E-state index in [1.165, 1.54) is 13.3 Å². The van der Waals surface area contributed by atoms with E-state index in [-0.39, 0.29) is 11.8 Å². The Morgan fingerprint density at radius 3 is 2.90 bits per heavy atom. The van der Waals surface area contributed by atoms with Gasteiger partial charge in [0.2, 0.25) is 0 Å². The van der Waals surface area contributed by atoms with E-state index in [9.17, 15) is 9.59 Å². The first kappa shape index (κ1) is 14.6. The number of rotatable bonds is 3. The van der Waals surface area contributed by atoms with Gasteiger partial charge >= 0.3 is 6.03 Å². The van der Waals surface area contributed by atoms with Crippen molar-refractivity contribution in [2.45, 2.75) is 33.1 Å². The molecular weight excluding hydrogens is 252 g/mol. The number of hydrogen-bond donors (Lipinski definition) is 1. The molecule has 20 heavy (non-hydrogen) atoms. The van der Waals surface area contributed by atoms with Crippen LogP contribution in [0.25, 0.3) is 0 Å². The van der Waals surface area contributed by atoms with Crippen molar-refractivity contribution in [1.82, 2.24) is 4.90 Å². The van der Waals surface area contributed by atoms with Crippen molar-refractivity contribution < 1.29 is 9.59 Å². The van der Waals surface area contributed by atoms with Crippen LogP contribution in [0.1, 0.15) is 43.5 Å². The summed E-state index contributed by atoms with van der Waals surface area (Å²) in [6, 6.07) is 7.01. The molecule has 0 bridgehead atoms. The molecule has 1 aromatic carbocycles. The van der Waals surface area contributed by atoms with E-state index in [2.05, 4.69) is 12.2 Å². The number of urea groups is 1. The Kier molecular flexibility index (Phi) is 4.77. The first-order valence-electron chi connectivity index (χ1n) is 7.27. The number of likely N-dealkylation sites (tertiary alicyclic amines) is 1. The molecule has 1 aromatic rings. The van der Waals surface area contributed by atoms with Crippen molar-refractivity contribution in [3.8, 4) is 0 Å². The summed E-state index contributed by atoms with van der Waals surface area (Å²) in [6.45, 7) is 5.34. The smallest absolute Gasteiger partial charge is 0.321 e. The number of hydrogen-bond acceptors (Lipinski definition) is 2. The van der Waals surface area contributed by atoms with E-state index in [4.69, 9.17) is 0 Å². The van der Waals surface area contributed by atoms with Crippen LogP contribution in [0.2, 0.25) is 0 Å². The van der Waals surface area contributed by atoms with Crippen LogP contribution in [0.4, 0.5) is 10.5 Å². The molecule has 4 heteroatoms. The lowest BCUT2D eigenvalue weighted by Gasteiger charge is -2.32. The lowest BCUT2D eigenvalue weighted by Crippen LogP contribution is -2.42. The zero-order chi connectivity index (χ0) is 14.5. The quantitative estimate of drug-likeness (QED) is 0.857. The summed E-state index contributed by atoms with van der Waals surface area (Å²) in [5, 5.41) is 2.89. The molecule has 0 radical (unpaired) electrons. The molecule has 108 valence electrons. The van der Waals surface area contributed by atoms with Gasteiger partial charge in [-0.2, -0.15) is 0 Å². The Balaban J connectivity index is 2.00. The Morgan fingerprint density at radius 2 is 2.20 bits per heavy atom. The highest BCUT2D eigenvalue weighted by Crippen LogP contribution is 2.20. The normalized spacial score (nSPS) is 18.7. The zero-order valence-electron chi connectivity index (χ0n) is 12.2. The first-order valence-corrected chi connectivity index (χ1v) is 7.27. The second-order valence-corrected chi connectivity index (χ2v) is 5.43. The molecule has 0 aromatic heterocycles. The lowest BCUT2D eigenvalue weighted by atomic mass is 9.96. The van der Waals surface area contributed by atoms with E-state index in [1.807, 2.05) is 11.0 Å². The van der Waals surface area contributed by atoms with Crippen LogP contribution in [-0.2, 0) is 0 Å². The van der Waals surface area contributed by atoms with Crippen LogP contribution >= 0.6 is 0 Å². The van der Waals surface area contributed by atoms with Gasteiger partial charge in [-0.1, -0.05) is 25.5 Å². The molecule has 1 N–H and O–H groups in total. The number of amides is 2. The Labute approximate surface area is 120 Å². The third-order valence-corrected chi connectivity index (χ3v) is 3.90. The molecule has 0 spiro atoms. The number of piperidine rings is 1. The average Bonchev–Trinajstić information content (AvgIpc) is 2.47. The molecule has 4 nitrogen and oxygen atoms in total. The molecule has 1 fully saturated rings. The Hall–Kier alpha value is -1.84. The van der Waals surface area contributed by atoms with E-state index in [0.717, 1.165) is 25.9 Å². The van der Waals surface area contributed by atoms with E-state index in [0.29, 0.717) is 17.2 Å². The summed E-state index contributed by atoms with van der Waals surface area (Å²) >= 11 is 0. The number of nitrogens with one attached hydrogen (secondary N) is 1. The number of anilines is 1. The SMILES string of the molecule is CCC1CCCN(C(=O)Nc2cccc(C(C)=O)c2)C1. The topological polar surface area (TPSA) is 49.4 Å². The minimum Gasteiger partial charge on any atom is -0.324 e. The summed E-state index contributed by atoms with van der Waals surface area (Å²) < 4.78 is 0. The van der Waals surface area contributed by atoms with Crippen molar-refractivity contribution in [2.24, 2.45) is 5.92 Å². The third kappa shape index (κ3) is 3.59. The van der Waals surface area contributed by atoms with E-state index in [1.54, 1.807) is 18.2 Å². The summed E-state index contributed by atoms with van der Waals surface area (Å²) in [6.07, 6.45) is 3.39. The second-order valence-electron chi connectivity index (χ2n) is 5.43. The van der Waals surface area contributed by atoms with Crippen LogP contribution < -0.4 is 5.32 Å². The predicted octanol–water partition coefficient (Wildman–Crippen LogP) is 3.54. The van der Waals surface area contributed by atoms with Gasteiger partial charge in [0.05, 0.1) is 0 Å². The fourth-order valence-electron chi connectivity index (χ4n) is 2.60. The largest absolute Gasteiger partial charge is 0.324 e. The van der Waals surface area contributed by atoms with Gasteiger partial charge in [0.15, 0.2) is 5.78 Å². The van der Waals surface area contributed by atoms with Gasteiger partial charge in [-0.05, 0) is 37.8 Å². The first-order chi connectivity index (χ1) is 9.60. The van der Waals surface area contributed by atoms with Crippen molar-refractivity contribution in [1.29, 1.82) is 0 Å². The molecule has 1 aliphatic heterocycles. The maximum Gasteiger partial charge on any atom is 0.321 e. The van der Waals surface area contributed by atoms with Crippen LogP contribution in [0.15, 0.2) is 24.3 Å². The Morgan fingerprint density at radius 1 is 1.40 bits per heavy atom. The lowest BCUT2D eigenvalue weighted by molar-refractivity contribution is 0.101. The highest BCUT2D eigenvalue weighted by molar-refractivity contribution is 5.96. The molecule has 2 rings (SSSR count). The van der Waals surface area contributed by atoms with Crippen LogP contribution in [0.5, 0.6) is 0 Å². The van der Waals surface area contributed by atoms with Gasteiger partial charge in [0, 0.05) is 24.3 Å². The molecule has 0 saturated carbocycles. The number of benzene rings is 1. The van der Waals surface area contributed by atoms with Gasteiger partial charge in [-0.3, -0.25) is 4.79 Å². The molecule has 1 heterocycles. The van der Waals surface area contributed by atoms with Crippen LogP contribution in [-0.4, -0.2) is 29.8 Å². The summed E-state index contributed by atoms with van der Waals surface area (Å²) in [5.41, 5.74) is 1.30. The van der Waals surface area contributed by atoms with Gasteiger partial charge < -0.3 is 10.2 Å². The number of nitrogens with zero attached hydrogens (tertiary/aromatic N) is 1. The minimum absolute atomic E-state index is 0.00474. The second kappa shape index (κ2) is 6.55. The van der Waals surface area contributed by atoms with Gasteiger partial charge in [-0.25, -0.2) is 4.79 Å². The maximum atomic E-state index is 12.2. The molecule has 2 amide bonds. The van der Waals surface area contributed by atoms with E-state index < -0.39 is 0 Å². The summed E-state index contributed by atoms with van der Waals surface area (Å²) in [7, 11) is 0. The van der Waals surface area contributed by atoms with Crippen molar-refractivity contribution in [3.63, 3.8) is 0 Å². The molecule has 0 aliphatic carbocycles. The standard InChI is InChI=1S/C16H22N2O2/c1-3-13-6-5-9-18(11-13)16(20)17-15-8-4-7-14(10-15)12(2)19/h4,7-8,10,13H,3,5-6,9,11H2,1-2H3,(H,17,20). The molecule has 1 saturated heterocycles. The Bertz CT molecular complexity index is 499. The third-order valence-electron chi connectivity index (χ3n) is 3.90. The molecule has 1 unspecified atom stereocenters. The number of carbonyl (C=O) groups excluding carboxylic acids is 2. The highest BCUT2D eigenvalue weighted by atomic mass is 16.2. The highest BCUT2D eigenvalue weighted by Gasteiger charge is 2.22. The molecular formula is C16H22N2O2. The summed E-state index contributed by atoms with van der Waals surface area (Å²) in [4.78, 5) is 25.5. The number of carbonyl (C=O) groups is 2.